The van der Waals surface area contributed by atoms with Gasteiger partial charge < -0.3 is 5.32 Å². The molecule has 2 rings (SSSR count). The van der Waals surface area contributed by atoms with Crippen LogP contribution in [0, 0.1) is 13.8 Å². The largest absolute Gasteiger partial charge is 0.381 e. The molecule has 0 unspecified atom stereocenters. The summed E-state index contributed by atoms with van der Waals surface area (Å²) < 4.78 is 1.90. The second-order valence-electron chi connectivity index (χ2n) is 4.05. The smallest absolute Gasteiger partial charge is 0.0542 e. The summed E-state index contributed by atoms with van der Waals surface area (Å²) in [5, 5.41) is 7.66. The molecule has 0 atom stereocenters. The van der Waals surface area contributed by atoms with E-state index in [9.17, 15) is 0 Å². The van der Waals surface area contributed by atoms with Gasteiger partial charge in [0.25, 0.3) is 0 Å². The zero-order valence-electron chi connectivity index (χ0n) is 9.99. The Kier molecular flexibility index (Phi) is 2.95. The van der Waals surface area contributed by atoms with Gasteiger partial charge in [-0.1, -0.05) is 18.2 Å². The maximum atomic E-state index is 4.23. The monoisotopic (exact) mass is 215 g/mol. The third-order valence-corrected chi connectivity index (χ3v) is 2.95. The Balaban J connectivity index is 2.08. The van der Waals surface area contributed by atoms with E-state index in [2.05, 4.69) is 42.5 Å². The first-order valence-corrected chi connectivity index (χ1v) is 5.45. The maximum Gasteiger partial charge on any atom is 0.0542 e. The fourth-order valence-corrected chi connectivity index (χ4v) is 1.68. The number of para-hydroxylation sites is 1. The SMILES string of the molecule is Cc1ccccc1NCc1cnn(C)c1C. The van der Waals surface area contributed by atoms with Gasteiger partial charge in [-0.3, -0.25) is 4.68 Å². The molecule has 0 aliphatic rings. The van der Waals surface area contributed by atoms with Gasteiger partial charge in [-0.2, -0.15) is 5.10 Å². The fourth-order valence-electron chi connectivity index (χ4n) is 1.68. The van der Waals surface area contributed by atoms with Crippen LogP contribution in [0.4, 0.5) is 5.69 Å². The quantitative estimate of drug-likeness (QED) is 0.853. The highest BCUT2D eigenvalue weighted by Gasteiger charge is 2.03. The van der Waals surface area contributed by atoms with Crippen molar-refractivity contribution in [1.29, 1.82) is 0 Å². The summed E-state index contributed by atoms with van der Waals surface area (Å²) in [4.78, 5) is 0. The van der Waals surface area contributed by atoms with Crippen molar-refractivity contribution >= 4 is 5.69 Å². The number of nitrogens with zero attached hydrogens (tertiary/aromatic N) is 2. The van der Waals surface area contributed by atoms with Crippen molar-refractivity contribution in [1.82, 2.24) is 9.78 Å². The molecule has 0 radical (unpaired) electrons. The summed E-state index contributed by atoms with van der Waals surface area (Å²) in [6.07, 6.45) is 1.92. The van der Waals surface area contributed by atoms with Crippen LogP contribution in [0.25, 0.3) is 0 Å². The minimum Gasteiger partial charge on any atom is -0.381 e. The third-order valence-electron chi connectivity index (χ3n) is 2.95. The Morgan fingerprint density at radius 1 is 1.25 bits per heavy atom. The van der Waals surface area contributed by atoms with Crippen LogP contribution in [0.1, 0.15) is 16.8 Å². The van der Waals surface area contributed by atoms with E-state index >= 15 is 0 Å². The normalized spacial score (nSPS) is 10.4. The Bertz CT molecular complexity index is 486. The summed E-state index contributed by atoms with van der Waals surface area (Å²) in [5.74, 6) is 0. The van der Waals surface area contributed by atoms with Crippen LogP contribution in [-0.4, -0.2) is 9.78 Å². The number of nitrogens with one attached hydrogen (secondary N) is 1. The second kappa shape index (κ2) is 4.39. The molecule has 1 N–H and O–H groups in total. The van der Waals surface area contributed by atoms with Crippen molar-refractivity contribution in [2.24, 2.45) is 7.05 Å². The van der Waals surface area contributed by atoms with E-state index in [1.54, 1.807) is 0 Å². The average Bonchev–Trinajstić information content (AvgIpc) is 2.59. The Hall–Kier alpha value is -1.77. The van der Waals surface area contributed by atoms with Gasteiger partial charge in [-0.25, -0.2) is 0 Å². The summed E-state index contributed by atoms with van der Waals surface area (Å²) in [6.45, 7) is 5.02. The minimum absolute atomic E-state index is 0.824. The van der Waals surface area contributed by atoms with Crippen LogP contribution in [0.3, 0.4) is 0 Å². The van der Waals surface area contributed by atoms with Crippen molar-refractivity contribution in [3.05, 3.63) is 47.3 Å². The van der Waals surface area contributed by atoms with Gasteiger partial charge in [0.15, 0.2) is 0 Å². The van der Waals surface area contributed by atoms with E-state index in [1.807, 2.05) is 24.0 Å². The highest BCUT2D eigenvalue weighted by Crippen LogP contribution is 2.15. The predicted octanol–water partition coefficient (Wildman–Crippen LogP) is 2.65. The van der Waals surface area contributed by atoms with Gasteiger partial charge in [-0.15, -0.1) is 0 Å². The number of benzene rings is 1. The second-order valence-corrected chi connectivity index (χ2v) is 4.05. The number of anilines is 1. The highest BCUT2D eigenvalue weighted by atomic mass is 15.3. The molecule has 84 valence electrons. The molecule has 3 nitrogen and oxygen atoms in total. The van der Waals surface area contributed by atoms with Crippen LogP contribution in [-0.2, 0) is 13.6 Å². The first-order valence-electron chi connectivity index (χ1n) is 5.45. The fraction of sp³-hybridized carbons (Fsp3) is 0.308. The highest BCUT2D eigenvalue weighted by molar-refractivity contribution is 5.50. The van der Waals surface area contributed by atoms with Crippen molar-refractivity contribution in [3.63, 3.8) is 0 Å². The first kappa shape index (κ1) is 10.7. The van der Waals surface area contributed by atoms with Crippen LogP contribution in [0.15, 0.2) is 30.5 Å². The summed E-state index contributed by atoms with van der Waals surface area (Å²) >= 11 is 0. The number of aryl methyl sites for hydroxylation is 2. The van der Waals surface area contributed by atoms with Gasteiger partial charge in [-0.05, 0) is 25.5 Å². The van der Waals surface area contributed by atoms with E-state index in [-0.39, 0.29) is 0 Å². The van der Waals surface area contributed by atoms with Gasteiger partial charge in [0.2, 0.25) is 0 Å². The molecule has 0 saturated carbocycles. The standard InChI is InChI=1S/C13H17N3/c1-10-6-4-5-7-13(10)14-8-12-9-15-16(3)11(12)2/h4-7,9,14H,8H2,1-3H3. The molecule has 0 fully saturated rings. The van der Waals surface area contributed by atoms with E-state index in [0.29, 0.717) is 0 Å². The van der Waals surface area contributed by atoms with E-state index in [4.69, 9.17) is 0 Å². The zero-order chi connectivity index (χ0) is 11.5. The summed E-state index contributed by atoms with van der Waals surface area (Å²) in [5.41, 5.74) is 4.90. The Morgan fingerprint density at radius 2 is 2.00 bits per heavy atom. The number of hydrogen-bond donors (Lipinski definition) is 1. The Labute approximate surface area is 96.1 Å². The minimum atomic E-state index is 0.824. The lowest BCUT2D eigenvalue weighted by atomic mass is 10.2. The van der Waals surface area contributed by atoms with Gasteiger partial charge >= 0.3 is 0 Å². The molecule has 0 spiro atoms. The lowest BCUT2D eigenvalue weighted by Crippen LogP contribution is -2.02. The topological polar surface area (TPSA) is 29.9 Å². The van der Waals surface area contributed by atoms with Crippen molar-refractivity contribution in [2.45, 2.75) is 20.4 Å². The molecule has 0 aliphatic heterocycles. The lowest BCUT2D eigenvalue weighted by molar-refractivity contribution is 0.738. The van der Waals surface area contributed by atoms with Crippen LogP contribution < -0.4 is 5.32 Å². The van der Waals surface area contributed by atoms with Crippen molar-refractivity contribution < 1.29 is 0 Å². The molecule has 0 aliphatic carbocycles. The summed E-state index contributed by atoms with van der Waals surface area (Å²) in [7, 11) is 1.96. The first-order chi connectivity index (χ1) is 7.68. The van der Waals surface area contributed by atoms with Crippen molar-refractivity contribution in [2.75, 3.05) is 5.32 Å². The van der Waals surface area contributed by atoms with Crippen LogP contribution >= 0.6 is 0 Å². The molecule has 0 amide bonds. The summed E-state index contributed by atoms with van der Waals surface area (Å²) in [6, 6.07) is 8.31. The molecule has 1 aromatic heterocycles. The van der Waals surface area contributed by atoms with E-state index in [1.165, 1.54) is 22.5 Å². The molecular weight excluding hydrogens is 198 g/mol. The van der Waals surface area contributed by atoms with Crippen LogP contribution in [0.2, 0.25) is 0 Å². The van der Waals surface area contributed by atoms with Crippen molar-refractivity contribution in [3.8, 4) is 0 Å². The average molecular weight is 215 g/mol. The Morgan fingerprint density at radius 3 is 2.62 bits per heavy atom. The van der Waals surface area contributed by atoms with Crippen LogP contribution in [0.5, 0.6) is 0 Å². The zero-order valence-corrected chi connectivity index (χ0v) is 9.99. The molecule has 16 heavy (non-hydrogen) atoms. The van der Waals surface area contributed by atoms with Gasteiger partial charge in [0.1, 0.15) is 0 Å². The number of aromatic nitrogens is 2. The van der Waals surface area contributed by atoms with E-state index in [0.717, 1.165) is 6.54 Å². The predicted molar refractivity (Wildman–Crippen MR) is 66.5 cm³/mol. The number of hydrogen-bond acceptors (Lipinski definition) is 2. The third kappa shape index (κ3) is 2.08. The van der Waals surface area contributed by atoms with E-state index < -0.39 is 0 Å². The molecule has 0 bridgehead atoms. The molecule has 2 aromatic rings. The number of rotatable bonds is 3. The molecule has 0 saturated heterocycles. The van der Waals surface area contributed by atoms with Gasteiger partial charge in [0.05, 0.1) is 6.20 Å². The molecule has 1 aromatic carbocycles. The lowest BCUT2D eigenvalue weighted by Gasteiger charge is -2.08. The molecule has 1 heterocycles. The molecule has 3 heteroatoms. The maximum absolute atomic E-state index is 4.23. The van der Waals surface area contributed by atoms with Gasteiger partial charge in [0, 0.05) is 30.5 Å². The molecular formula is C13H17N3.